The predicted molar refractivity (Wildman–Crippen MR) is 134 cm³/mol. The van der Waals surface area contributed by atoms with Crippen molar-refractivity contribution in [3.63, 3.8) is 0 Å². The molecule has 1 aromatic heterocycles. The first-order chi connectivity index (χ1) is 15.7. The number of nitrogens with zero attached hydrogens (tertiary/aromatic N) is 2. The number of benzene rings is 1. The van der Waals surface area contributed by atoms with Crippen molar-refractivity contribution in [3.8, 4) is 5.75 Å². The maximum Gasteiger partial charge on any atom is 0.318 e. The van der Waals surface area contributed by atoms with Gasteiger partial charge >= 0.3 is 6.03 Å². The number of carbonyl (C=O) groups is 2. The summed E-state index contributed by atoms with van der Waals surface area (Å²) in [5, 5.41) is 4.99. The number of urea groups is 1. The van der Waals surface area contributed by atoms with Crippen LogP contribution in [0.2, 0.25) is 0 Å². The molecule has 2 aromatic rings. The number of hydrogen-bond donors (Lipinski definition) is 1. The molecule has 0 saturated heterocycles. The predicted octanol–water partition coefficient (Wildman–Crippen LogP) is 5.20. The maximum atomic E-state index is 13.4. The Balaban J connectivity index is 1.75. The van der Waals surface area contributed by atoms with Gasteiger partial charge < -0.3 is 19.9 Å². The molecule has 1 aliphatic heterocycles. The van der Waals surface area contributed by atoms with Gasteiger partial charge in [0.1, 0.15) is 18.9 Å². The third-order valence-corrected chi connectivity index (χ3v) is 6.97. The first kappa shape index (κ1) is 25.1. The van der Waals surface area contributed by atoms with Crippen molar-refractivity contribution in [3.05, 3.63) is 51.7 Å². The molecular formula is C26H37N3O3S. The van der Waals surface area contributed by atoms with Crippen molar-refractivity contribution in [2.24, 2.45) is 0 Å². The van der Waals surface area contributed by atoms with Crippen molar-refractivity contribution in [2.75, 3.05) is 19.7 Å². The lowest BCUT2D eigenvalue weighted by molar-refractivity contribution is -0.135. The van der Waals surface area contributed by atoms with Crippen molar-refractivity contribution in [2.45, 2.75) is 72.0 Å². The van der Waals surface area contributed by atoms with Crippen molar-refractivity contribution < 1.29 is 14.3 Å². The van der Waals surface area contributed by atoms with E-state index in [0.717, 1.165) is 17.7 Å². The Bertz CT molecular complexity index is 937. The van der Waals surface area contributed by atoms with Crippen LogP contribution in [0.1, 0.15) is 69.5 Å². The molecule has 1 atom stereocenters. The molecule has 3 amide bonds. The summed E-state index contributed by atoms with van der Waals surface area (Å²) in [5.41, 5.74) is 2.42. The minimum atomic E-state index is -0.209. The van der Waals surface area contributed by atoms with Gasteiger partial charge in [0.15, 0.2) is 0 Å². The SMILES string of the molecule is CC(C)NC(=O)N(CC(=O)N1CCc2sccc2[C@@H]1COc1ccc(C(C)C)cc1)C(C)C. The number of carbonyl (C=O) groups excluding carboxylic acids is 2. The molecule has 7 heteroatoms. The smallest absolute Gasteiger partial charge is 0.318 e. The zero-order chi connectivity index (χ0) is 24.1. The summed E-state index contributed by atoms with van der Waals surface area (Å²) < 4.78 is 6.16. The second-order valence-electron chi connectivity index (χ2n) is 9.51. The Hall–Kier alpha value is -2.54. The highest BCUT2D eigenvalue weighted by molar-refractivity contribution is 7.10. The van der Waals surface area contributed by atoms with Crippen LogP contribution in [0.4, 0.5) is 4.79 Å². The highest BCUT2D eigenvalue weighted by atomic mass is 32.1. The van der Waals surface area contributed by atoms with Crippen LogP contribution in [-0.2, 0) is 11.2 Å². The Morgan fingerprint density at radius 2 is 1.82 bits per heavy atom. The highest BCUT2D eigenvalue weighted by Gasteiger charge is 2.34. The van der Waals surface area contributed by atoms with Gasteiger partial charge in [0.2, 0.25) is 5.91 Å². The van der Waals surface area contributed by atoms with Crippen LogP contribution in [0, 0.1) is 0 Å². The second kappa shape index (κ2) is 11.1. The zero-order valence-corrected chi connectivity index (χ0v) is 21.4. The zero-order valence-electron chi connectivity index (χ0n) is 20.6. The molecule has 6 nitrogen and oxygen atoms in total. The number of thiophene rings is 1. The van der Waals surface area contributed by atoms with Crippen LogP contribution in [-0.4, -0.2) is 53.5 Å². The van der Waals surface area contributed by atoms with Gasteiger partial charge in [-0.2, -0.15) is 0 Å². The van der Waals surface area contributed by atoms with E-state index < -0.39 is 0 Å². The average molecular weight is 472 g/mol. The number of amides is 3. The molecule has 2 heterocycles. The minimum absolute atomic E-state index is 0.0143. The van der Waals surface area contributed by atoms with E-state index in [4.69, 9.17) is 4.74 Å². The van der Waals surface area contributed by atoms with E-state index in [1.54, 1.807) is 16.2 Å². The van der Waals surface area contributed by atoms with E-state index in [9.17, 15) is 9.59 Å². The van der Waals surface area contributed by atoms with Gasteiger partial charge in [-0.3, -0.25) is 4.79 Å². The summed E-state index contributed by atoms with van der Waals surface area (Å²) in [7, 11) is 0. The third-order valence-electron chi connectivity index (χ3n) is 5.97. The molecule has 0 unspecified atom stereocenters. The van der Waals surface area contributed by atoms with Gasteiger partial charge in [-0.05, 0) is 74.7 Å². The lowest BCUT2D eigenvalue weighted by Gasteiger charge is -2.37. The Kier molecular flexibility index (Phi) is 8.40. The van der Waals surface area contributed by atoms with Crippen molar-refractivity contribution in [1.82, 2.24) is 15.1 Å². The monoisotopic (exact) mass is 471 g/mol. The van der Waals surface area contributed by atoms with Gasteiger partial charge in [-0.25, -0.2) is 4.79 Å². The normalized spacial score (nSPS) is 15.7. The lowest BCUT2D eigenvalue weighted by Crippen LogP contribution is -2.52. The molecule has 0 fully saturated rings. The first-order valence-corrected chi connectivity index (χ1v) is 12.7. The van der Waals surface area contributed by atoms with Crippen LogP contribution >= 0.6 is 11.3 Å². The third kappa shape index (κ3) is 6.28. The molecule has 0 bridgehead atoms. The van der Waals surface area contributed by atoms with Gasteiger partial charge in [-0.1, -0.05) is 26.0 Å². The number of fused-ring (bicyclic) bond motifs is 1. The topological polar surface area (TPSA) is 61.9 Å². The van der Waals surface area contributed by atoms with E-state index in [-0.39, 0.29) is 36.6 Å². The molecule has 1 N–H and O–H groups in total. The minimum Gasteiger partial charge on any atom is -0.491 e. The van der Waals surface area contributed by atoms with Gasteiger partial charge in [0, 0.05) is 23.5 Å². The Morgan fingerprint density at radius 3 is 2.42 bits per heavy atom. The Morgan fingerprint density at radius 1 is 1.12 bits per heavy atom. The molecule has 1 aliphatic rings. The molecule has 33 heavy (non-hydrogen) atoms. The summed E-state index contributed by atoms with van der Waals surface area (Å²) in [6.07, 6.45) is 0.832. The van der Waals surface area contributed by atoms with Gasteiger partial charge in [0.05, 0.1) is 6.04 Å². The molecule has 180 valence electrons. The fourth-order valence-electron chi connectivity index (χ4n) is 4.05. The number of rotatable bonds is 8. The highest BCUT2D eigenvalue weighted by Crippen LogP contribution is 2.34. The first-order valence-electron chi connectivity index (χ1n) is 11.8. The van der Waals surface area contributed by atoms with Crippen LogP contribution in [0.25, 0.3) is 0 Å². The molecule has 0 radical (unpaired) electrons. The van der Waals surface area contributed by atoms with Gasteiger partial charge in [0.25, 0.3) is 0 Å². The molecule has 1 aromatic carbocycles. The number of hydrogen-bond acceptors (Lipinski definition) is 4. The fraction of sp³-hybridized carbons (Fsp3) is 0.538. The lowest BCUT2D eigenvalue weighted by atomic mass is 10.00. The van der Waals surface area contributed by atoms with Gasteiger partial charge in [-0.15, -0.1) is 11.3 Å². The van der Waals surface area contributed by atoms with Crippen LogP contribution in [0.15, 0.2) is 35.7 Å². The molecule has 0 aliphatic carbocycles. The van der Waals surface area contributed by atoms with E-state index in [1.807, 2.05) is 44.7 Å². The van der Waals surface area contributed by atoms with Crippen molar-refractivity contribution >= 4 is 23.3 Å². The summed E-state index contributed by atoms with van der Waals surface area (Å²) in [6, 6.07) is 9.83. The molecule has 0 spiro atoms. The van der Waals surface area contributed by atoms with E-state index in [2.05, 4.69) is 42.7 Å². The largest absolute Gasteiger partial charge is 0.491 e. The summed E-state index contributed by atoms with van der Waals surface area (Å²) in [5.74, 6) is 1.22. The van der Waals surface area contributed by atoms with E-state index in [0.29, 0.717) is 19.1 Å². The van der Waals surface area contributed by atoms with E-state index >= 15 is 0 Å². The maximum absolute atomic E-state index is 13.4. The fourth-order valence-corrected chi connectivity index (χ4v) is 4.98. The Labute approximate surface area is 201 Å². The number of ether oxygens (including phenoxy) is 1. The summed E-state index contributed by atoms with van der Waals surface area (Å²) in [6.45, 7) is 13.1. The van der Waals surface area contributed by atoms with Crippen LogP contribution < -0.4 is 10.1 Å². The molecular weight excluding hydrogens is 434 g/mol. The number of nitrogens with one attached hydrogen (secondary N) is 1. The second-order valence-corrected chi connectivity index (χ2v) is 10.5. The van der Waals surface area contributed by atoms with Crippen molar-refractivity contribution in [1.29, 1.82) is 0 Å². The van der Waals surface area contributed by atoms with Crippen LogP contribution in [0.5, 0.6) is 5.75 Å². The summed E-state index contributed by atoms with van der Waals surface area (Å²) >= 11 is 1.73. The molecule has 3 rings (SSSR count). The van der Waals surface area contributed by atoms with E-state index in [1.165, 1.54) is 10.4 Å². The standard InChI is InChI=1S/C26H37N3O3S/c1-17(2)20-7-9-21(10-8-20)32-16-23-22-12-14-33-24(22)11-13-28(23)25(30)15-29(19(5)6)26(31)27-18(3)4/h7-10,12,14,17-19,23H,11,13,15-16H2,1-6H3,(H,27,31)/t23-/m0/s1. The van der Waals surface area contributed by atoms with Crippen LogP contribution in [0.3, 0.4) is 0 Å². The summed E-state index contributed by atoms with van der Waals surface area (Å²) in [4.78, 5) is 30.9. The quantitative estimate of drug-likeness (QED) is 0.575. The molecule has 0 saturated carbocycles. The average Bonchev–Trinajstić information content (AvgIpc) is 3.24.